The average molecular weight is 307 g/mol. The molecular weight excluding hydrogens is 290 g/mol. The maximum Gasteiger partial charge on any atom is 0.346 e. The molecule has 0 atom stereocenters. The van der Waals surface area contributed by atoms with E-state index in [1.165, 1.54) is 6.07 Å². The van der Waals surface area contributed by atoms with Crippen molar-refractivity contribution in [1.29, 1.82) is 0 Å². The summed E-state index contributed by atoms with van der Waals surface area (Å²) in [4.78, 5) is 10.9. The summed E-state index contributed by atoms with van der Waals surface area (Å²) in [7, 11) is -3.64. The zero-order valence-corrected chi connectivity index (χ0v) is 12.2. The molecule has 0 aliphatic rings. The zero-order chi connectivity index (χ0) is 14.5. The molecule has 108 valence electrons. The summed E-state index contributed by atoms with van der Waals surface area (Å²) in [5.74, 6) is -1.12. The molecule has 0 fully saturated rings. The van der Waals surface area contributed by atoms with E-state index in [1.807, 2.05) is 0 Å². The Hall–Kier alpha value is -0.960. The van der Waals surface area contributed by atoms with E-state index in [4.69, 9.17) is 10.2 Å². The number of carbonyl (C=O) groups is 1. The minimum absolute atomic E-state index is 0.0181. The third kappa shape index (κ3) is 4.57. The largest absolute Gasteiger partial charge is 0.477 e. The summed E-state index contributed by atoms with van der Waals surface area (Å²) in [5, 5.41) is 17.5. The summed E-state index contributed by atoms with van der Waals surface area (Å²) in [6, 6.07) is 1.37. The standard InChI is InChI=1S/C11H17NO5S2/c1-8-7-9(18-10(8)11(14)15)19(16,17)12-5-3-2-4-6-13/h7,12-13H,2-6H2,1H3,(H,14,15). The highest BCUT2D eigenvalue weighted by Gasteiger charge is 2.21. The highest BCUT2D eigenvalue weighted by molar-refractivity contribution is 7.91. The van der Waals surface area contributed by atoms with Crippen LogP contribution in [0.3, 0.4) is 0 Å². The van der Waals surface area contributed by atoms with Gasteiger partial charge < -0.3 is 10.2 Å². The van der Waals surface area contributed by atoms with E-state index in [-0.39, 0.29) is 22.2 Å². The number of rotatable bonds is 8. The molecular formula is C11H17NO5S2. The first-order valence-electron chi connectivity index (χ1n) is 5.82. The molecule has 0 aromatic carbocycles. The number of hydrogen-bond donors (Lipinski definition) is 3. The maximum atomic E-state index is 11.9. The van der Waals surface area contributed by atoms with Crippen molar-refractivity contribution in [2.24, 2.45) is 0 Å². The molecule has 0 radical (unpaired) electrons. The van der Waals surface area contributed by atoms with Gasteiger partial charge in [-0.2, -0.15) is 0 Å². The summed E-state index contributed by atoms with van der Waals surface area (Å²) in [6.07, 6.45) is 2.02. The highest BCUT2D eigenvalue weighted by Crippen LogP contribution is 2.25. The molecule has 6 nitrogen and oxygen atoms in total. The van der Waals surface area contributed by atoms with E-state index < -0.39 is 16.0 Å². The number of nitrogens with one attached hydrogen (secondary N) is 1. The van der Waals surface area contributed by atoms with Crippen molar-refractivity contribution in [2.45, 2.75) is 30.4 Å². The van der Waals surface area contributed by atoms with Crippen molar-refractivity contribution < 1.29 is 23.4 Å². The fraction of sp³-hybridized carbons (Fsp3) is 0.545. The number of unbranched alkanes of at least 4 members (excludes halogenated alkanes) is 2. The third-order valence-electron chi connectivity index (χ3n) is 2.48. The fourth-order valence-corrected chi connectivity index (χ4v) is 3.99. The summed E-state index contributed by atoms with van der Waals surface area (Å²) < 4.78 is 26.3. The van der Waals surface area contributed by atoms with Crippen LogP contribution >= 0.6 is 11.3 Å². The van der Waals surface area contributed by atoms with Gasteiger partial charge in [0.15, 0.2) is 0 Å². The maximum absolute atomic E-state index is 11.9. The Morgan fingerprint density at radius 3 is 2.58 bits per heavy atom. The molecule has 8 heteroatoms. The van der Waals surface area contributed by atoms with E-state index in [0.717, 1.165) is 17.8 Å². The molecule has 1 heterocycles. The third-order valence-corrected chi connectivity index (χ3v) is 5.64. The Balaban J connectivity index is 2.67. The van der Waals surface area contributed by atoms with Gasteiger partial charge in [0.2, 0.25) is 10.0 Å². The quantitative estimate of drug-likeness (QED) is 0.626. The molecule has 0 saturated carbocycles. The van der Waals surface area contributed by atoms with Gasteiger partial charge in [0.25, 0.3) is 0 Å². The van der Waals surface area contributed by atoms with Gasteiger partial charge in [-0.05, 0) is 37.8 Å². The van der Waals surface area contributed by atoms with Crippen LogP contribution in [0.1, 0.15) is 34.5 Å². The topological polar surface area (TPSA) is 104 Å². The van der Waals surface area contributed by atoms with E-state index in [1.54, 1.807) is 6.92 Å². The molecule has 0 saturated heterocycles. The number of thiophene rings is 1. The van der Waals surface area contributed by atoms with Crippen LogP contribution in [-0.4, -0.2) is 37.8 Å². The van der Waals surface area contributed by atoms with Crippen molar-refractivity contribution in [1.82, 2.24) is 4.72 Å². The smallest absolute Gasteiger partial charge is 0.346 e. The summed E-state index contributed by atoms with van der Waals surface area (Å²) in [5.41, 5.74) is 0.443. The Bertz CT molecular complexity index is 535. The number of aliphatic hydroxyl groups excluding tert-OH is 1. The lowest BCUT2D eigenvalue weighted by molar-refractivity contribution is 0.0701. The molecule has 0 spiro atoms. The Morgan fingerprint density at radius 1 is 1.37 bits per heavy atom. The average Bonchev–Trinajstić information content (AvgIpc) is 2.72. The zero-order valence-electron chi connectivity index (χ0n) is 10.5. The van der Waals surface area contributed by atoms with Gasteiger partial charge in [-0.15, -0.1) is 11.3 Å². The van der Waals surface area contributed by atoms with Crippen molar-refractivity contribution in [2.75, 3.05) is 13.2 Å². The second kappa shape index (κ2) is 6.99. The number of aromatic carboxylic acids is 1. The monoisotopic (exact) mass is 307 g/mol. The van der Waals surface area contributed by atoms with Gasteiger partial charge >= 0.3 is 5.97 Å². The molecule has 0 bridgehead atoms. The summed E-state index contributed by atoms with van der Waals surface area (Å²) >= 11 is 0.753. The van der Waals surface area contributed by atoms with Gasteiger partial charge in [0.05, 0.1) is 0 Å². The van der Waals surface area contributed by atoms with E-state index in [9.17, 15) is 13.2 Å². The van der Waals surface area contributed by atoms with Crippen LogP contribution in [0.15, 0.2) is 10.3 Å². The van der Waals surface area contributed by atoms with Crippen LogP contribution in [0.2, 0.25) is 0 Å². The fourth-order valence-electron chi connectivity index (χ4n) is 1.49. The number of aryl methyl sites for hydroxylation is 1. The lowest BCUT2D eigenvalue weighted by Crippen LogP contribution is -2.24. The number of sulfonamides is 1. The highest BCUT2D eigenvalue weighted by atomic mass is 32.2. The second-order valence-corrected chi connectivity index (χ2v) is 7.11. The minimum atomic E-state index is -3.64. The predicted octanol–water partition coefficient (Wildman–Crippen LogP) is 1.20. The van der Waals surface area contributed by atoms with Crippen LogP contribution in [0, 0.1) is 6.92 Å². The van der Waals surface area contributed by atoms with Crippen LogP contribution in [0.4, 0.5) is 0 Å². The van der Waals surface area contributed by atoms with Gasteiger partial charge in [0, 0.05) is 13.2 Å². The molecule has 1 aromatic heterocycles. The van der Waals surface area contributed by atoms with Crippen molar-refractivity contribution in [3.05, 3.63) is 16.5 Å². The number of carboxylic acid groups (broad SMARTS) is 1. The van der Waals surface area contributed by atoms with Crippen LogP contribution < -0.4 is 4.72 Å². The van der Waals surface area contributed by atoms with E-state index >= 15 is 0 Å². The molecule has 19 heavy (non-hydrogen) atoms. The van der Waals surface area contributed by atoms with Crippen LogP contribution in [0.25, 0.3) is 0 Å². The van der Waals surface area contributed by atoms with Crippen molar-refractivity contribution >= 4 is 27.3 Å². The minimum Gasteiger partial charge on any atom is -0.477 e. The van der Waals surface area contributed by atoms with Crippen LogP contribution in [-0.2, 0) is 10.0 Å². The SMILES string of the molecule is Cc1cc(S(=O)(=O)NCCCCCO)sc1C(=O)O. The molecule has 1 aromatic rings. The summed E-state index contributed by atoms with van der Waals surface area (Å²) in [6.45, 7) is 1.95. The number of hydrogen-bond acceptors (Lipinski definition) is 5. The van der Waals surface area contributed by atoms with E-state index in [0.29, 0.717) is 18.4 Å². The van der Waals surface area contributed by atoms with Crippen molar-refractivity contribution in [3.8, 4) is 0 Å². The van der Waals surface area contributed by atoms with Gasteiger partial charge in [-0.25, -0.2) is 17.9 Å². The molecule has 1 rings (SSSR count). The molecule has 0 unspecified atom stereocenters. The second-order valence-electron chi connectivity index (χ2n) is 4.06. The van der Waals surface area contributed by atoms with Gasteiger partial charge in [0.1, 0.15) is 9.09 Å². The molecule has 0 aliphatic carbocycles. The predicted molar refractivity (Wildman–Crippen MR) is 72.1 cm³/mol. The van der Waals surface area contributed by atoms with Gasteiger partial charge in [-0.3, -0.25) is 0 Å². The first-order valence-corrected chi connectivity index (χ1v) is 8.12. The lowest BCUT2D eigenvalue weighted by Gasteiger charge is -2.03. The molecule has 3 N–H and O–H groups in total. The first kappa shape index (κ1) is 16.1. The Kier molecular flexibility index (Phi) is 5.92. The molecule has 0 aliphatic heterocycles. The normalized spacial score (nSPS) is 11.7. The first-order chi connectivity index (χ1) is 8.88. The van der Waals surface area contributed by atoms with E-state index in [2.05, 4.69) is 4.72 Å². The number of aliphatic hydroxyl groups is 1. The number of carboxylic acids is 1. The Morgan fingerprint density at radius 2 is 2.05 bits per heavy atom. The van der Waals surface area contributed by atoms with Crippen molar-refractivity contribution in [3.63, 3.8) is 0 Å². The lowest BCUT2D eigenvalue weighted by atomic mass is 10.2. The van der Waals surface area contributed by atoms with Crippen LogP contribution in [0.5, 0.6) is 0 Å². The Labute approximate surface area is 116 Å². The molecule has 0 amide bonds. The van der Waals surface area contributed by atoms with Gasteiger partial charge in [-0.1, -0.05) is 0 Å².